The molecule has 0 N–H and O–H groups in total. The molecule has 2 fully saturated rings. The summed E-state index contributed by atoms with van der Waals surface area (Å²) in [6.07, 6.45) is 5.82. The molecule has 3 rings (SSSR count). The van der Waals surface area contributed by atoms with E-state index >= 15 is 0 Å². The summed E-state index contributed by atoms with van der Waals surface area (Å²) in [5, 5.41) is 0. The SMILES string of the molecule is CC(C)CN1CC(C(=O)N2CCC(OCc3cccnc3)CC2)CC1=O. The van der Waals surface area contributed by atoms with Crippen molar-refractivity contribution in [2.75, 3.05) is 26.2 Å². The van der Waals surface area contributed by atoms with Gasteiger partial charge in [-0.15, -0.1) is 0 Å². The molecule has 1 aromatic rings. The van der Waals surface area contributed by atoms with Gasteiger partial charge in [0.25, 0.3) is 0 Å². The second-order valence-electron chi connectivity index (χ2n) is 7.79. The maximum Gasteiger partial charge on any atom is 0.227 e. The number of piperidine rings is 1. The minimum absolute atomic E-state index is 0.117. The molecule has 6 nitrogen and oxygen atoms in total. The Morgan fingerprint density at radius 1 is 1.35 bits per heavy atom. The van der Waals surface area contributed by atoms with Crippen LogP contribution < -0.4 is 0 Å². The number of carbonyl (C=O) groups is 2. The lowest BCUT2D eigenvalue weighted by molar-refractivity contribution is -0.138. The zero-order chi connectivity index (χ0) is 18.5. The molecule has 6 heteroatoms. The second-order valence-corrected chi connectivity index (χ2v) is 7.79. The van der Waals surface area contributed by atoms with Crippen molar-refractivity contribution in [1.29, 1.82) is 0 Å². The van der Waals surface area contributed by atoms with Gasteiger partial charge in [0.05, 0.1) is 18.6 Å². The van der Waals surface area contributed by atoms with E-state index in [-0.39, 0.29) is 23.8 Å². The molecule has 1 unspecified atom stereocenters. The van der Waals surface area contributed by atoms with Crippen molar-refractivity contribution in [3.05, 3.63) is 30.1 Å². The number of likely N-dealkylation sites (tertiary alicyclic amines) is 2. The Hall–Kier alpha value is -1.95. The first-order valence-corrected chi connectivity index (χ1v) is 9.60. The van der Waals surface area contributed by atoms with Gasteiger partial charge in [-0.25, -0.2) is 0 Å². The topological polar surface area (TPSA) is 62.7 Å². The number of aromatic nitrogens is 1. The van der Waals surface area contributed by atoms with Gasteiger partial charge in [0.15, 0.2) is 0 Å². The van der Waals surface area contributed by atoms with E-state index in [9.17, 15) is 9.59 Å². The predicted molar refractivity (Wildman–Crippen MR) is 98.2 cm³/mol. The average molecular weight is 359 g/mol. The van der Waals surface area contributed by atoms with Gasteiger partial charge >= 0.3 is 0 Å². The van der Waals surface area contributed by atoms with Crippen molar-refractivity contribution in [2.45, 2.75) is 45.8 Å². The van der Waals surface area contributed by atoms with Crippen molar-refractivity contribution in [3.8, 4) is 0 Å². The minimum atomic E-state index is -0.172. The molecular weight excluding hydrogens is 330 g/mol. The summed E-state index contributed by atoms with van der Waals surface area (Å²) in [5.74, 6) is 0.511. The van der Waals surface area contributed by atoms with Crippen LogP contribution in [0.15, 0.2) is 24.5 Å². The molecule has 0 radical (unpaired) electrons. The first kappa shape index (κ1) is 18.8. The van der Waals surface area contributed by atoms with Gasteiger partial charge in [0.2, 0.25) is 11.8 Å². The summed E-state index contributed by atoms with van der Waals surface area (Å²) in [7, 11) is 0. The van der Waals surface area contributed by atoms with Crippen LogP contribution in [-0.4, -0.2) is 58.9 Å². The van der Waals surface area contributed by atoms with E-state index in [2.05, 4.69) is 18.8 Å². The number of hydrogen-bond donors (Lipinski definition) is 0. The summed E-state index contributed by atoms with van der Waals surface area (Å²) in [5.41, 5.74) is 1.07. The van der Waals surface area contributed by atoms with Crippen molar-refractivity contribution in [3.63, 3.8) is 0 Å². The highest BCUT2D eigenvalue weighted by atomic mass is 16.5. The lowest BCUT2D eigenvalue weighted by Crippen LogP contribution is -2.44. The van der Waals surface area contributed by atoms with E-state index in [4.69, 9.17) is 4.74 Å². The lowest BCUT2D eigenvalue weighted by Gasteiger charge is -2.33. The van der Waals surface area contributed by atoms with Crippen LogP contribution in [0.4, 0.5) is 0 Å². The molecule has 3 heterocycles. The van der Waals surface area contributed by atoms with Crippen molar-refractivity contribution in [1.82, 2.24) is 14.8 Å². The van der Waals surface area contributed by atoms with E-state index in [1.165, 1.54) is 0 Å². The summed E-state index contributed by atoms with van der Waals surface area (Å²) < 4.78 is 5.96. The number of nitrogens with zero attached hydrogens (tertiary/aromatic N) is 3. The summed E-state index contributed by atoms with van der Waals surface area (Å²) in [4.78, 5) is 32.7. The first-order valence-electron chi connectivity index (χ1n) is 9.60. The van der Waals surface area contributed by atoms with E-state index in [1.807, 2.05) is 28.1 Å². The van der Waals surface area contributed by atoms with Crippen LogP contribution in [-0.2, 0) is 20.9 Å². The molecule has 0 aliphatic carbocycles. The van der Waals surface area contributed by atoms with E-state index < -0.39 is 0 Å². The smallest absolute Gasteiger partial charge is 0.227 e. The fourth-order valence-corrected chi connectivity index (χ4v) is 3.75. The summed E-state index contributed by atoms with van der Waals surface area (Å²) in [6.45, 7) is 7.50. The van der Waals surface area contributed by atoms with Crippen LogP contribution in [0.2, 0.25) is 0 Å². The summed E-state index contributed by atoms with van der Waals surface area (Å²) in [6, 6.07) is 3.91. The lowest BCUT2D eigenvalue weighted by atomic mass is 10.0. The van der Waals surface area contributed by atoms with Gasteiger partial charge in [-0.05, 0) is 30.4 Å². The number of amides is 2. The van der Waals surface area contributed by atoms with Gasteiger partial charge in [-0.2, -0.15) is 0 Å². The van der Waals surface area contributed by atoms with Crippen LogP contribution >= 0.6 is 0 Å². The maximum atomic E-state index is 12.8. The third kappa shape index (κ3) is 4.81. The Morgan fingerprint density at radius 3 is 2.77 bits per heavy atom. The quantitative estimate of drug-likeness (QED) is 0.780. The number of rotatable bonds is 6. The predicted octanol–water partition coefficient (Wildman–Crippen LogP) is 2.09. The zero-order valence-corrected chi connectivity index (χ0v) is 15.8. The summed E-state index contributed by atoms with van der Waals surface area (Å²) >= 11 is 0. The van der Waals surface area contributed by atoms with E-state index in [0.717, 1.165) is 24.9 Å². The maximum absolute atomic E-state index is 12.8. The third-order valence-corrected chi connectivity index (χ3v) is 5.11. The van der Waals surface area contributed by atoms with Crippen LogP contribution in [0, 0.1) is 11.8 Å². The molecule has 142 valence electrons. The first-order chi connectivity index (χ1) is 12.5. The average Bonchev–Trinajstić information content (AvgIpc) is 3.00. The molecule has 0 aromatic carbocycles. The number of hydrogen-bond acceptors (Lipinski definition) is 4. The molecule has 0 spiro atoms. The second kappa shape index (κ2) is 8.62. The highest BCUT2D eigenvalue weighted by molar-refractivity contribution is 5.89. The molecule has 26 heavy (non-hydrogen) atoms. The van der Waals surface area contributed by atoms with Gasteiger partial charge in [0, 0.05) is 45.0 Å². The Labute approximate surface area is 155 Å². The Balaban J connectivity index is 1.43. The molecule has 2 saturated heterocycles. The van der Waals surface area contributed by atoms with E-state index in [1.54, 1.807) is 6.20 Å². The Bertz CT molecular complexity index is 612. The van der Waals surface area contributed by atoms with Crippen molar-refractivity contribution < 1.29 is 14.3 Å². The molecule has 1 aromatic heterocycles. The van der Waals surface area contributed by atoms with Crippen LogP contribution in [0.5, 0.6) is 0 Å². The number of ether oxygens (including phenoxy) is 1. The van der Waals surface area contributed by atoms with Gasteiger partial charge in [-0.3, -0.25) is 14.6 Å². The fraction of sp³-hybridized carbons (Fsp3) is 0.650. The van der Waals surface area contributed by atoms with Gasteiger partial charge < -0.3 is 14.5 Å². The molecule has 2 aliphatic heterocycles. The van der Waals surface area contributed by atoms with Gasteiger partial charge in [-0.1, -0.05) is 19.9 Å². The Kier molecular flexibility index (Phi) is 6.25. The zero-order valence-electron chi connectivity index (χ0n) is 15.8. The van der Waals surface area contributed by atoms with Gasteiger partial charge in [0.1, 0.15) is 0 Å². The number of carbonyl (C=O) groups excluding carboxylic acids is 2. The molecule has 0 saturated carbocycles. The third-order valence-electron chi connectivity index (χ3n) is 5.11. The highest BCUT2D eigenvalue weighted by Gasteiger charge is 2.37. The highest BCUT2D eigenvalue weighted by Crippen LogP contribution is 2.24. The Morgan fingerprint density at radius 2 is 2.12 bits per heavy atom. The monoisotopic (exact) mass is 359 g/mol. The number of pyridine rings is 1. The molecule has 2 aliphatic rings. The van der Waals surface area contributed by atoms with Crippen molar-refractivity contribution in [2.24, 2.45) is 11.8 Å². The largest absolute Gasteiger partial charge is 0.373 e. The molecular formula is C20H29N3O3. The van der Waals surface area contributed by atoms with Crippen LogP contribution in [0.1, 0.15) is 38.7 Å². The van der Waals surface area contributed by atoms with E-state index in [0.29, 0.717) is 38.6 Å². The fourth-order valence-electron chi connectivity index (χ4n) is 3.75. The van der Waals surface area contributed by atoms with Crippen molar-refractivity contribution >= 4 is 11.8 Å². The van der Waals surface area contributed by atoms with Crippen LogP contribution in [0.3, 0.4) is 0 Å². The molecule has 0 bridgehead atoms. The molecule has 2 amide bonds. The minimum Gasteiger partial charge on any atom is -0.373 e. The standard InChI is InChI=1S/C20H29N3O3/c1-15(2)12-23-13-17(10-19(23)24)20(25)22-8-5-18(6-9-22)26-14-16-4-3-7-21-11-16/h3-4,7,11,15,17-18H,5-6,8-10,12-14H2,1-2H3. The molecule has 1 atom stereocenters. The van der Waals surface area contributed by atoms with Crippen LogP contribution in [0.25, 0.3) is 0 Å². The normalized spacial score (nSPS) is 21.7.